The van der Waals surface area contributed by atoms with Crippen LogP contribution in [-0.4, -0.2) is 26.8 Å². The fourth-order valence-electron chi connectivity index (χ4n) is 2.92. The third-order valence-electron chi connectivity index (χ3n) is 4.54. The number of nitro groups is 2. The number of benzene rings is 2. The number of nitro benzene ring substituents is 2. The highest BCUT2D eigenvalue weighted by Gasteiger charge is 2.26. The SMILES string of the molecule is CC(C)(C)c1ccc(C(=O)O)cc1[N+](=O)[O-].CC(C)(C)c1ccc(C(N)=O)cc1[N+](=O)[O-]. The predicted octanol–water partition coefficient (Wildman–Crippen LogP) is 4.58. The van der Waals surface area contributed by atoms with Crippen LogP contribution in [0.15, 0.2) is 36.4 Å². The summed E-state index contributed by atoms with van der Waals surface area (Å²) in [5.74, 6) is -1.83. The molecule has 0 saturated heterocycles. The second kappa shape index (κ2) is 9.54. The Labute approximate surface area is 185 Å². The van der Waals surface area contributed by atoms with Crippen LogP contribution in [-0.2, 0) is 10.8 Å². The maximum atomic E-state index is 10.9. The van der Waals surface area contributed by atoms with Gasteiger partial charge in [0.25, 0.3) is 11.4 Å². The Hall–Kier alpha value is -3.82. The molecule has 172 valence electrons. The van der Waals surface area contributed by atoms with Crippen LogP contribution in [0.3, 0.4) is 0 Å². The summed E-state index contributed by atoms with van der Waals surface area (Å²) in [6.45, 7) is 11.2. The van der Waals surface area contributed by atoms with E-state index in [-0.39, 0.29) is 33.3 Å². The highest BCUT2D eigenvalue weighted by atomic mass is 16.6. The Balaban J connectivity index is 0.000000320. The minimum Gasteiger partial charge on any atom is -0.478 e. The van der Waals surface area contributed by atoms with Crippen molar-refractivity contribution in [2.45, 2.75) is 52.4 Å². The molecule has 10 heteroatoms. The number of carboxylic acid groups (broad SMARTS) is 1. The molecule has 0 heterocycles. The first kappa shape index (κ1) is 26.2. The fourth-order valence-corrected chi connectivity index (χ4v) is 2.92. The molecule has 0 bridgehead atoms. The summed E-state index contributed by atoms with van der Waals surface area (Å²) in [7, 11) is 0. The zero-order valence-corrected chi connectivity index (χ0v) is 18.8. The molecule has 0 fully saturated rings. The lowest BCUT2D eigenvalue weighted by molar-refractivity contribution is -0.386. The summed E-state index contributed by atoms with van der Waals surface area (Å²) in [5, 5.41) is 30.5. The van der Waals surface area contributed by atoms with Gasteiger partial charge in [-0.25, -0.2) is 4.79 Å². The van der Waals surface area contributed by atoms with Crippen LogP contribution < -0.4 is 5.73 Å². The van der Waals surface area contributed by atoms with Gasteiger partial charge in [0.2, 0.25) is 5.91 Å². The van der Waals surface area contributed by atoms with E-state index in [2.05, 4.69) is 0 Å². The van der Waals surface area contributed by atoms with Crippen molar-refractivity contribution in [3.8, 4) is 0 Å². The summed E-state index contributed by atoms with van der Waals surface area (Å²) >= 11 is 0. The molecule has 2 rings (SSSR count). The lowest BCUT2D eigenvalue weighted by atomic mass is 9.85. The van der Waals surface area contributed by atoms with E-state index in [0.717, 1.165) is 6.07 Å². The molecular formula is C22H27N3O7. The molecule has 0 unspecified atom stereocenters. The average Bonchev–Trinajstić information content (AvgIpc) is 2.65. The van der Waals surface area contributed by atoms with E-state index in [4.69, 9.17) is 10.8 Å². The Morgan fingerprint density at radius 1 is 0.781 bits per heavy atom. The highest BCUT2D eigenvalue weighted by molar-refractivity contribution is 5.93. The fraction of sp³-hybridized carbons (Fsp3) is 0.364. The zero-order valence-electron chi connectivity index (χ0n) is 18.8. The van der Waals surface area contributed by atoms with Gasteiger partial charge in [-0.05, 0) is 23.0 Å². The van der Waals surface area contributed by atoms with Gasteiger partial charge in [0, 0.05) is 28.8 Å². The van der Waals surface area contributed by atoms with E-state index in [1.165, 1.54) is 24.3 Å². The lowest BCUT2D eigenvalue weighted by Gasteiger charge is -2.18. The van der Waals surface area contributed by atoms with Crippen LogP contribution in [0.2, 0.25) is 0 Å². The van der Waals surface area contributed by atoms with E-state index >= 15 is 0 Å². The van der Waals surface area contributed by atoms with Gasteiger partial charge in [-0.1, -0.05) is 53.7 Å². The third kappa shape index (κ3) is 6.59. The second-order valence-corrected chi connectivity index (χ2v) is 9.15. The molecule has 0 spiro atoms. The predicted molar refractivity (Wildman–Crippen MR) is 119 cm³/mol. The van der Waals surface area contributed by atoms with Gasteiger partial charge < -0.3 is 10.8 Å². The van der Waals surface area contributed by atoms with Crippen LogP contribution in [0.4, 0.5) is 11.4 Å². The van der Waals surface area contributed by atoms with E-state index in [1.54, 1.807) is 6.07 Å². The van der Waals surface area contributed by atoms with Crippen molar-refractivity contribution in [1.29, 1.82) is 0 Å². The van der Waals surface area contributed by atoms with Crippen molar-refractivity contribution in [2.24, 2.45) is 5.73 Å². The molecule has 32 heavy (non-hydrogen) atoms. The third-order valence-corrected chi connectivity index (χ3v) is 4.54. The molecule has 0 radical (unpaired) electrons. The molecule has 0 saturated carbocycles. The summed E-state index contributed by atoms with van der Waals surface area (Å²) < 4.78 is 0. The quantitative estimate of drug-likeness (QED) is 0.513. The van der Waals surface area contributed by atoms with E-state index in [0.29, 0.717) is 11.1 Å². The molecule has 1 amide bonds. The van der Waals surface area contributed by atoms with Crippen LogP contribution in [0.1, 0.15) is 73.4 Å². The number of carbonyl (C=O) groups excluding carboxylic acids is 1. The Morgan fingerprint density at radius 3 is 1.41 bits per heavy atom. The lowest BCUT2D eigenvalue weighted by Crippen LogP contribution is -2.16. The maximum Gasteiger partial charge on any atom is 0.335 e. The van der Waals surface area contributed by atoms with Gasteiger partial charge in [0.05, 0.1) is 15.4 Å². The average molecular weight is 445 g/mol. The highest BCUT2D eigenvalue weighted by Crippen LogP contribution is 2.32. The largest absolute Gasteiger partial charge is 0.478 e. The van der Waals surface area contributed by atoms with Gasteiger partial charge in [0.15, 0.2) is 0 Å². The van der Waals surface area contributed by atoms with E-state index < -0.39 is 21.7 Å². The minimum atomic E-state index is -1.16. The number of rotatable bonds is 4. The molecule has 0 aliphatic heterocycles. The van der Waals surface area contributed by atoms with Crippen molar-refractivity contribution >= 4 is 23.3 Å². The summed E-state index contributed by atoms with van der Waals surface area (Å²) in [5.41, 5.74) is 5.33. The molecule has 0 aromatic heterocycles. The zero-order chi connectivity index (χ0) is 25.0. The topological polar surface area (TPSA) is 167 Å². The smallest absolute Gasteiger partial charge is 0.335 e. The number of amides is 1. The monoisotopic (exact) mass is 445 g/mol. The van der Waals surface area contributed by atoms with Gasteiger partial charge in [-0.2, -0.15) is 0 Å². The molecule has 0 atom stereocenters. The van der Waals surface area contributed by atoms with Crippen LogP contribution >= 0.6 is 0 Å². The number of primary amides is 1. The van der Waals surface area contributed by atoms with Crippen molar-refractivity contribution in [3.63, 3.8) is 0 Å². The van der Waals surface area contributed by atoms with Crippen LogP contribution in [0.5, 0.6) is 0 Å². The van der Waals surface area contributed by atoms with Crippen molar-refractivity contribution < 1.29 is 24.5 Å². The molecule has 10 nitrogen and oxygen atoms in total. The van der Waals surface area contributed by atoms with E-state index in [1.807, 2.05) is 41.5 Å². The summed E-state index contributed by atoms with van der Waals surface area (Å²) in [6.07, 6.45) is 0. The first-order valence-electron chi connectivity index (χ1n) is 9.57. The van der Waals surface area contributed by atoms with Gasteiger partial charge >= 0.3 is 5.97 Å². The Morgan fingerprint density at radius 2 is 1.12 bits per heavy atom. The first-order valence-corrected chi connectivity index (χ1v) is 9.57. The van der Waals surface area contributed by atoms with Gasteiger partial charge in [0.1, 0.15) is 0 Å². The number of nitrogens with two attached hydrogens (primary N) is 1. The molecule has 0 aliphatic carbocycles. The molecule has 2 aromatic carbocycles. The number of aromatic carboxylic acids is 1. The summed E-state index contributed by atoms with van der Waals surface area (Å²) in [6, 6.07) is 8.30. The number of hydrogen-bond donors (Lipinski definition) is 2. The molecule has 0 aliphatic rings. The molecule has 2 aromatic rings. The van der Waals surface area contributed by atoms with Crippen molar-refractivity contribution in [3.05, 3.63) is 78.9 Å². The number of carboxylic acids is 1. The van der Waals surface area contributed by atoms with Crippen LogP contribution in [0, 0.1) is 20.2 Å². The maximum absolute atomic E-state index is 10.9. The Kier molecular flexibility index (Phi) is 7.82. The standard InChI is InChI=1S/C11H14N2O3.C11H13NO4/c1-11(2,3)8-5-4-7(10(12)14)6-9(8)13(15)16;1-11(2,3)8-5-4-7(10(13)14)6-9(8)12(15)16/h4-6H,1-3H3,(H2,12,14);4-6H,1-3H3,(H,13,14). The molecule has 3 N–H and O–H groups in total. The number of carbonyl (C=O) groups is 2. The number of nitrogens with zero attached hydrogens (tertiary/aromatic N) is 2. The molecular weight excluding hydrogens is 418 g/mol. The van der Waals surface area contributed by atoms with E-state index in [9.17, 15) is 29.8 Å². The van der Waals surface area contributed by atoms with Crippen molar-refractivity contribution in [1.82, 2.24) is 0 Å². The van der Waals surface area contributed by atoms with Crippen molar-refractivity contribution in [2.75, 3.05) is 0 Å². The van der Waals surface area contributed by atoms with Gasteiger partial charge in [-0.3, -0.25) is 25.0 Å². The van der Waals surface area contributed by atoms with Gasteiger partial charge in [-0.15, -0.1) is 0 Å². The second-order valence-electron chi connectivity index (χ2n) is 9.15. The number of hydrogen-bond acceptors (Lipinski definition) is 6. The summed E-state index contributed by atoms with van der Waals surface area (Å²) in [4.78, 5) is 42.4. The van der Waals surface area contributed by atoms with Crippen LogP contribution in [0.25, 0.3) is 0 Å². The first-order chi connectivity index (χ1) is 14.5. The Bertz CT molecular complexity index is 979. The minimum absolute atomic E-state index is 0.0659. The normalized spacial score (nSPS) is 11.2.